The number of nitro groups is 1. The molecular weight excluding hydrogens is 362 g/mol. The second-order valence-corrected chi connectivity index (χ2v) is 6.70. The molecule has 25 heavy (non-hydrogen) atoms. The number of thiocarbonyl (C=S) groups is 1. The fraction of sp³-hybridized carbons (Fsp3) is 0.0625. The molecule has 0 N–H and O–H groups in total. The highest BCUT2D eigenvalue weighted by Gasteiger charge is 2.28. The second kappa shape index (κ2) is 6.99. The van der Waals surface area contributed by atoms with Gasteiger partial charge in [-0.3, -0.25) is 19.8 Å². The van der Waals surface area contributed by atoms with E-state index in [0.717, 1.165) is 11.8 Å². The average molecular weight is 373 g/mol. The summed E-state index contributed by atoms with van der Waals surface area (Å²) in [5.74, 6) is 0.664. The lowest BCUT2D eigenvalue weighted by atomic mass is 10.2. The van der Waals surface area contributed by atoms with Gasteiger partial charge in [-0.15, -0.1) is 0 Å². The van der Waals surface area contributed by atoms with Crippen molar-refractivity contribution in [2.45, 2.75) is 0 Å². The van der Waals surface area contributed by atoms with Crippen molar-refractivity contribution in [3.05, 3.63) is 63.2 Å². The van der Waals surface area contributed by atoms with E-state index in [4.69, 9.17) is 17.0 Å². The summed E-state index contributed by atoms with van der Waals surface area (Å²) in [6.45, 7) is 0. The van der Waals surface area contributed by atoms with E-state index in [9.17, 15) is 14.9 Å². The lowest BCUT2D eigenvalue weighted by Crippen LogP contribution is -2.22. The average Bonchev–Trinajstić information content (AvgIpc) is 2.84. The number of pyridine rings is 1. The number of benzene rings is 1. The van der Waals surface area contributed by atoms with Gasteiger partial charge in [0, 0.05) is 19.2 Å². The largest absolute Gasteiger partial charge is 0.439 e. The summed E-state index contributed by atoms with van der Waals surface area (Å²) in [6.07, 6.45) is 2.90. The predicted molar refractivity (Wildman–Crippen MR) is 98.3 cm³/mol. The number of carbonyl (C=O) groups is 1. The van der Waals surface area contributed by atoms with E-state index in [1.165, 1.54) is 28.8 Å². The van der Waals surface area contributed by atoms with Gasteiger partial charge in [-0.25, -0.2) is 4.98 Å². The van der Waals surface area contributed by atoms with Gasteiger partial charge in [0.2, 0.25) is 5.88 Å². The molecule has 2 heterocycles. The first-order chi connectivity index (χ1) is 11.9. The van der Waals surface area contributed by atoms with Gasteiger partial charge in [0.15, 0.2) is 0 Å². The van der Waals surface area contributed by atoms with Crippen molar-refractivity contribution in [1.82, 2.24) is 9.88 Å². The van der Waals surface area contributed by atoms with E-state index >= 15 is 0 Å². The molecule has 126 valence electrons. The monoisotopic (exact) mass is 373 g/mol. The summed E-state index contributed by atoms with van der Waals surface area (Å²) in [5.41, 5.74) is 0.730. The van der Waals surface area contributed by atoms with Crippen LogP contribution in [-0.4, -0.2) is 32.1 Å². The zero-order valence-electron chi connectivity index (χ0n) is 12.9. The maximum Gasteiger partial charge on any atom is 0.287 e. The van der Waals surface area contributed by atoms with Crippen LogP contribution in [0.3, 0.4) is 0 Å². The molecule has 0 radical (unpaired) electrons. The first kappa shape index (κ1) is 17.1. The number of likely N-dealkylation sites (N-methyl/N-ethyl adjacent to an activating group) is 1. The molecule has 0 atom stereocenters. The number of thioether (sulfide) groups is 1. The molecule has 0 unspecified atom stereocenters. The van der Waals surface area contributed by atoms with E-state index < -0.39 is 4.92 Å². The molecule has 3 rings (SSSR count). The minimum atomic E-state index is -0.523. The molecule has 1 fully saturated rings. The summed E-state index contributed by atoms with van der Waals surface area (Å²) in [6, 6.07) is 9.79. The third kappa shape index (κ3) is 3.83. The SMILES string of the molecule is CN1C(=O)/C(=C\c2ccc(Oc3ccc([N+](=O)[O-])cn3)cc2)SC1=S. The van der Waals surface area contributed by atoms with Crippen molar-refractivity contribution in [2.75, 3.05) is 7.05 Å². The minimum absolute atomic E-state index is 0.101. The predicted octanol–water partition coefficient (Wildman–Crippen LogP) is 3.61. The van der Waals surface area contributed by atoms with E-state index in [-0.39, 0.29) is 17.5 Å². The van der Waals surface area contributed by atoms with Crippen LogP contribution in [0, 0.1) is 10.1 Å². The molecular formula is C16H11N3O4S2. The number of aromatic nitrogens is 1. The Morgan fingerprint density at radius 3 is 2.52 bits per heavy atom. The number of nitrogens with zero attached hydrogens (tertiary/aromatic N) is 3. The van der Waals surface area contributed by atoms with Gasteiger partial charge in [-0.05, 0) is 23.8 Å². The number of carbonyl (C=O) groups excluding carboxylic acids is 1. The Morgan fingerprint density at radius 1 is 1.28 bits per heavy atom. The first-order valence-corrected chi connectivity index (χ1v) is 8.26. The highest BCUT2D eigenvalue weighted by Crippen LogP contribution is 2.31. The topological polar surface area (TPSA) is 85.6 Å². The van der Waals surface area contributed by atoms with Crippen LogP contribution < -0.4 is 4.74 Å². The van der Waals surface area contributed by atoms with Crippen LogP contribution in [-0.2, 0) is 4.79 Å². The standard InChI is InChI=1S/C16H11N3O4S2/c1-18-15(20)13(25-16(18)24)8-10-2-5-12(6-3-10)23-14-7-4-11(9-17-14)19(21)22/h2-9H,1H3/b13-8+. The van der Waals surface area contributed by atoms with Crippen LogP contribution in [0.25, 0.3) is 6.08 Å². The normalized spacial score (nSPS) is 15.7. The quantitative estimate of drug-likeness (QED) is 0.350. The molecule has 1 aliphatic heterocycles. The van der Waals surface area contributed by atoms with Crippen molar-refractivity contribution in [3.63, 3.8) is 0 Å². The molecule has 0 spiro atoms. The second-order valence-electron chi connectivity index (χ2n) is 5.02. The van der Waals surface area contributed by atoms with Gasteiger partial charge in [-0.2, -0.15) is 0 Å². The van der Waals surface area contributed by atoms with Gasteiger partial charge in [-0.1, -0.05) is 36.1 Å². The lowest BCUT2D eigenvalue weighted by Gasteiger charge is -2.05. The maximum absolute atomic E-state index is 12.0. The van der Waals surface area contributed by atoms with Gasteiger partial charge < -0.3 is 4.74 Å². The molecule has 1 aliphatic rings. The number of hydrogen-bond donors (Lipinski definition) is 0. The molecule has 1 aromatic heterocycles. The molecule has 1 saturated heterocycles. The van der Waals surface area contributed by atoms with E-state index in [1.807, 2.05) is 0 Å². The molecule has 9 heteroatoms. The Labute approximate surface area is 152 Å². The van der Waals surface area contributed by atoms with Gasteiger partial charge in [0.1, 0.15) is 16.3 Å². The summed E-state index contributed by atoms with van der Waals surface area (Å²) in [7, 11) is 1.65. The fourth-order valence-corrected chi connectivity index (χ4v) is 3.17. The Bertz CT molecular complexity index is 879. The van der Waals surface area contributed by atoms with Crippen molar-refractivity contribution in [1.29, 1.82) is 0 Å². The number of ether oxygens (including phenoxy) is 1. The summed E-state index contributed by atoms with van der Waals surface area (Å²) >= 11 is 6.35. The summed E-state index contributed by atoms with van der Waals surface area (Å²) < 4.78 is 6.07. The highest BCUT2D eigenvalue weighted by molar-refractivity contribution is 8.26. The van der Waals surface area contributed by atoms with Crippen molar-refractivity contribution >= 4 is 46.0 Å². The van der Waals surface area contributed by atoms with Crippen LogP contribution in [0.5, 0.6) is 11.6 Å². The Hall–Kier alpha value is -2.78. The van der Waals surface area contributed by atoms with Crippen LogP contribution in [0.4, 0.5) is 5.69 Å². The fourth-order valence-electron chi connectivity index (χ4n) is 1.99. The Kier molecular flexibility index (Phi) is 4.77. The van der Waals surface area contributed by atoms with Gasteiger partial charge >= 0.3 is 0 Å². The van der Waals surface area contributed by atoms with Crippen molar-refractivity contribution in [2.24, 2.45) is 0 Å². The summed E-state index contributed by atoms with van der Waals surface area (Å²) in [5, 5.41) is 10.6. The van der Waals surface area contributed by atoms with Crippen LogP contribution >= 0.6 is 24.0 Å². The molecule has 1 amide bonds. The van der Waals surface area contributed by atoms with Gasteiger partial charge in [0.05, 0.1) is 9.83 Å². The lowest BCUT2D eigenvalue weighted by molar-refractivity contribution is -0.385. The minimum Gasteiger partial charge on any atom is -0.439 e. The zero-order valence-corrected chi connectivity index (χ0v) is 14.5. The summed E-state index contributed by atoms with van der Waals surface area (Å²) in [4.78, 5) is 27.9. The van der Waals surface area contributed by atoms with E-state index in [2.05, 4.69) is 4.98 Å². The van der Waals surface area contributed by atoms with E-state index in [1.54, 1.807) is 37.4 Å². The van der Waals surface area contributed by atoms with Crippen molar-refractivity contribution in [3.8, 4) is 11.6 Å². The smallest absolute Gasteiger partial charge is 0.287 e. The maximum atomic E-state index is 12.0. The molecule has 7 nitrogen and oxygen atoms in total. The Morgan fingerprint density at radius 2 is 2.00 bits per heavy atom. The molecule has 0 aliphatic carbocycles. The number of amides is 1. The first-order valence-electron chi connectivity index (χ1n) is 7.04. The molecule has 1 aromatic carbocycles. The molecule has 2 aromatic rings. The van der Waals surface area contributed by atoms with E-state index in [0.29, 0.717) is 15.0 Å². The van der Waals surface area contributed by atoms with Crippen molar-refractivity contribution < 1.29 is 14.5 Å². The van der Waals surface area contributed by atoms with Crippen LogP contribution in [0.1, 0.15) is 5.56 Å². The third-order valence-electron chi connectivity index (χ3n) is 3.32. The van der Waals surface area contributed by atoms with Crippen LogP contribution in [0.15, 0.2) is 47.5 Å². The van der Waals surface area contributed by atoms with Crippen LogP contribution in [0.2, 0.25) is 0 Å². The Balaban J connectivity index is 1.71. The molecule has 0 saturated carbocycles. The number of hydrogen-bond acceptors (Lipinski definition) is 7. The zero-order chi connectivity index (χ0) is 18.0. The number of rotatable bonds is 4. The highest BCUT2D eigenvalue weighted by atomic mass is 32.2. The third-order valence-corrected chi connectivity index (χ3v) is 4.80. The molecule has 0 bridgehead atoms. The van der Waals surface area contributed by atoms with Gasteiger partial charge in [0.25, 0.3) is 11.6 Å².